The maximum Gasteiger partial charge on any atom is 0.119 e. The summed E-state index contributed by atoms with van der Waals surface area (Å²) in [6.07, 6.45) is 2.98. The number of benzene rings is 1. The summed E-state index contributed by atoms with van der Waals surface area (Å²) in [5, 5.41) is 3.54. The molecule has 0 aliphatic carbocycles. The first-order chi connectivity index (χ1) is 8.85. The van der Waals surface area contributed by atoms with Crippen LogP contribution < -0.4 is 10.1 Å². The van der Waals surface area contributed by atoms with Crippen LogP contribution in [-0.2, 0) is 0 Å². The molecule has 1 rings (SSSR count). The van der Waals surface area contributed by atoms with Gasteiger partial charge in [0.2, 0.25) is 0 Å². The van der Waals surface area contributed by atoms with E-state index in [1.807, 2.05) is 36.4 Å². The molecule has 1 aromatic carbocycles. The standard InChI is InChI=1S/C17H27NO/c1-6-17(5,14-18-16(2,3)4)12-13-19-15-10-8-7-9-11-15/h6-11,18H,1,12-14H2,2-5H3. The summed E-state index contributed by atoms with van der Waals surface area (Å²) >= 11 is 0. The highest BCUT2D eigenvalue weighted by Crippen LogP contribution is 2.23. The number of hydrogen-bond donors (Lipinski definition) is 1. The van der Waals surface area contributed by atoms with Crippen LogP contribution in [0, 0.1) is 5.41 Å². The van der Waals surface area contributed by atoms with Gasteiger partial charge in [-0.15, -0.1) is 6.58 Å². The highest BCUT2D eigenvalue weighted by Gasteiger charge is 2.22. The van der Waals surface area contributed by atoms with Gasteiger partial charge in [0.25, 0.3) is 0 Å². The van der Waals surface area contributed by atoms with Crippen LogP contribution >= 0.6 is 0 Å². The van der Waals surface area contributed by atoms with Crippen molar-refractivity contribution in [2.75, 3.05) is 13.2 Å². The Hall–Kier alpha value is -1.28. The quantitative estimate of drug-likeness (QED) is 0.748. The van der Waals surface area contributed by atoms with Gasteiger partial charge >= 0.3 is 0 Å². The van der Waals surface area contributed by atoms with Crippen molar-refractivity contribution < 1.29 is 4.74 Å². The second kappa shape index (κ2) is 6.76. The Morgan fingerprint density at radius 3 is 2.32 bits per heavy atom. The summed E-state index contributed by atoms with van der Waals surface area (Å²) in [6, 6.07) is 9.94. The van der Waals surface area contributed by atoms with E-state index < -0.39 is 0 Å². The largest absolute Gasteiger partial charge is 0.494 e. The molecule has 106 valence electrons. The third-order valence-corrected chi connectivity index (χ3v) is 3.20. The molecule has 0 aromatic heterocycles. The van der Waals surface area contributed by atoms with E-state index in [-0.39, 0.29) is 11.0 Å². The van der Waals surface area contributed by atoms with Crippen LogP contribution in [0.4, 0.5) is 0 Å². The monoisotopic (exact) mass is 261 g/mol. The topological polar surface area (TPSA) is 21.3 Å². The van der Waals surface area contributed by atoms with Crippen LogP contribution in [0.3, 0.4) is 0 Å². The minimum absolute atomic E-state index is 0.0576. The molecule has 0 saturated heterocycles. The summed E-state index contributed by atoms with van der Waals surface area (Å²) in [5.74, 6) is 0.928. The van der Waals surface area contributed by atoms with E-state index >= 15 is 0 Å². The van der Waals surface area contributed by atoms with Crippen molar-refractivity contribution in [3.63, 3.8) is 0 Å². The molecule has 2 heteroatoms. The molecule has 1 aromatic rings. The van der Waals surface area contributed by atoms with Gasteiger partial charge in [-0.25, -0.2) is 0 Å². The maximum atomic E-state index is 5.76. The fourth-order valence-electron chi connectivity index (χ4n) is 1.65. The second-order valence-corrected chi connectivity index (χ2v) is 6.37. The molecule has 19 heavy (non-hydrogen) atoms. The van der Waals surface area contributed by atoms with Crippen LogP contribution in [0.2, 0.25) is 0 Å². The van der Waals surface area contributed by atoms with Crippen LogP contribution in [0.5, 0.6) is 5.75 Å². The highest BCUT2D eigenvalue weighted by atomic mass is 16.5. The van der Waals surface area contributed by atoms with Crippen LogP contribution in [0.15, 0.2) is 43.0 Å². The van der Waals surface area contributed by atoms with Crippen LogP contribution in [-0.4, -0.2) is 18.7 Å². The molecule has 1 atom stereocenters. The van der Waals surface area contributed by atoms with Crippen molar-refractivity contribution in [1.82, 2.24) is 5.32 Å². The molecule has 0 bridgehead atoms. The minimum atomic E-state index is 0.0576. The zero-order chi connectivity index (χ0) is 14.4. The van der Waals surface area contributed by atoms with Gasteiger partial charge < -0.3 is 10.1 Å². The Bertz CT molecular complexity index is 380. The molecule has 2 nitrogen and oxygen atoms in total. The predicted molar refractivity (Wildman–Crippen MR) is 82.6 cm³/mol. The van der Waals surface area contributed by atoms with E-state index in [0.717, 1.165) is 18.7 Å². The first kappa shape index (κ1) is 15.8. The van der Waals surface area contributed by atoms with E-state index in [1.54, 1.807) is 0 Å². The Labute approximate surface area is 117 Å². The van der Waals surface area contributed by atoms with Crippen LogP contribution in [0.25, 0.3) is 0 Å². The Balaban J connectivity index is 2.41. The summed E-state index contributed by atoms with van der Waals surface area (Å²) in [7, 11) is 0. The van der Waals surface area contributed by atoms with E-state index in [0.29, 0.717) is 6.61 Å². The first-order valence-electron chi connectivity index (χ1n) is 6.91. The summed E-state index contributed by atoms with van der Waals surface area (Å²) in [4.78, 5) is 0. The predicted octanol–water partition coefficient (Wildman–Crippen LogP) is 4.04. The molecule has 0 aliphatic heterocycles. The number of nitrogens with one attached hydrogen (secondary N) is 1. The van der Waals surface area contributed by atoms with E-state index in [9.17, 15) is 0 Å². The van der Waals surface area contributed by atoms with Crippen molar-refractivity contribution >= 4 is 0 Å². The lowest BCUT2D eigenvalue weighted by atomic mass is 9.86. The molecular weight excluding hydrogens is 234 g/mol. The maximum absolute atomic E-state index is 5.76. The zero-order valence-electron chi connectivity index (χ0n) is 12.7. The first-order valence-corrected chi connectivity index (χ1v) is 6.91. The Morgan fingerprint density at radius 1 is 1.16 bits per heavy atom. The molecule has 0 amide bonds. The number of ether oxygens (including phenoxy) is 1. The lowest BCUT2D eigenvalue weighted by molar-refractivity contribution is 0.232. The fourth-order valence-corrected chi connectivity index (χ4v) is 1.65. The average Bonchev–Trinajstić information content (AvgIpc) is 2.37. The van der Waals surface area contributed by atoms with Crippen molar-refractivity contribution in [3.05, 3.63) is 43.0 Å². The second-order valence-electron chi connectivity index (χ2n) is 6.37. The lowest BCUT2D eigenvalue weighted by Gasteiger charge is -2.31. The molecule has 0 heterocycles. The van der Waals surface area contributed by atoms with Crippen molar-refractivity contribution in [2.45, 2.75) is 39.7 Å². The Kier molecular flexibility index (Phi) is 5.61. The molecule has 1 N–H and O–H groups in total. The van der Waals surface area contributed by atoms with Gasteiger partial charge in [-0.3, -0.25) is 0 Å². The SMILES string of the molecule is C=CC(C)(CCOc1ccccc1)CNC(C)(C)C. The van der Waals surface area contributed by atoms with E-state index in [4.69, 9.17) is 4.74 Å². The number of hydrogen-bond acceptors (Lipinski definition) is 2. The molecular formula is C17H27NO. The molecule has 0 radical (unpaired) electrons. The smallest absolute Gasteiger partial charge is 0.119 e. The van der Waals surface area contributed by atoms with Gasteiger partial charge in [0.1, 0.15) is 5.75 Å². The highest BCUT2D eigenvalue weighted by molar-refractivity contribution is 5.20. The third kappa shape index (κ3) is 6.44. The van der Waals surface area contributed by atoms with Gasteiger partial charge in [0, 0.05) is 17.5 Å². The average molecular weight is 261 g/mol. The van der Waals surface area contributed by atoms with Crippen molar-refractivity contribution in [1.29, 1.82) is 0 Å². The lowest BCUT2D eigenvalue weighted by Crippen LogP contribution is -2.42. The fraction of sp³-hybridized carbons (Fsp3) is 0.529. The Morgan fingerprint density at radius 2 is 1.79 bits per heavy atom. The number of rotatable bonds is 7. The van der Waals surface area contributed by atoms with Gasteiger partial charge in [-0.2, -0.15) is 0 Å². The minimum Gasteiger partial charge on any atom is -0.494 e. The van der Waals surface area contributed by atoms with Gasteiger partial charge in [0.05, 0.1) is 6.61 Å². The molecule has 0 fully saturated rings. The molecule has 0 aliphatic rings. The summed E-state index contributed by atoms with van der Waals surface area (Å²) in [5.41, 5.74) is 0.187. The third-order valence-electron chi connectivity index (χ3n) is 3.20. The zero-order valence-corrected chi connectivity index (χ0v) is 12.7. The van der Waals surface area contributed by atoms with E-state index in [1.165, 1.54) is 0 Å². The summed E-state index contributed by atoms with van der Waals surface area (Å²) in [6.45, 7) is 14.3. The normalized spacial score (nSPS) is 14.7. The van der Waals surface area contributed by atoms with Crippen molar-refractivity contribution in [2.24, 2.45) is 5.41 Å². The van der Waals surface area contributed by atoms with Crippen LogP contribution in [0.1, 0.15) is 34.1 Å². The van der Waals surface area contributed by atoms with Gasteiger partial charge in [-0.1, -0.05) is 31.2 Å². The molecule has 0 spiro atoms. The summed E-state index contributed by atoms with van der Waals surface area (Å²) < 4.78 is 5.76. The van der Waals surface area contributed by atoms with E-state index in [2.05, 4.69) is 39.6 Å². The molecule has 0 saturated carbocycles. The molecule has 1 unspecified atom stereocenters. The van der Waals surface area contributed by atoms with Crippen molar-refractivity contribution in [3.8, 4) is 5.75 Å². The number of para-hydroxylation sites is 1. The van der Waals surface area contributed by atoms with Gasteiger partial charge in [-0.05, 0) is 39.3 Å². The van der Waals surface area contributed by atoms with Gasteiger partial charge in [0.15, 0.2) is 0 Å².